The van der Waals surface area contributed by atoms with Gasteiger partial charge in [0.2, 0.25) is 5.91 Å². The second-order valence-corrected chi connectivity index (χ2v) is 6.67. The summed E-state index contributed by atoms with van der Waals surface area (Å²) in [6.07, 6.45) is 5.47. The van der Waals surface area contributed by atoms with Crippen LogP contribution in [0.25, 0.3) is 0 Å². The number of anilines is 1. The molecule has 1 saturated heterocycles. The minimum atomic E-state index is -0.162. The summed E-state index contributed by atoms with van der Waals surface area (Å²) in [4.78, 5) is 33.3. The highest BCUT2D eigenvalue weighted by molar-refractivity contribution is 5.82. The van der Waals surface area contributed by atoms with E-state index in [-0.39, 0.29) is 23.4 Å². The molecule has 0 bridgehead atoms. The fraction of sp³-hybridized carbons (Fsp3) is 0.368. The lowest BCUT2D eigenvalue weighted by atomic mass is 9.94. The first-order valence-electron chi connectivity index (χ1n) is 8.92. The Morgan fingerprint density at radius 3 is 2.65 bits per heavy atom. The molecule has 1 N–H and O–H groups in total. The monoisotopic (exact) mass is 351 g/mol. The summed E-state index contributed by atoms with van der Waals surface area (Å²) in [7, 11) is 0. The Labute approximate surface area is 151 Å². The molecule has 1 amide bonds. The number of H-pyrrole nitrogens is 1. The second-order valence-electron chi connectivity index (χ2n) is 6.67. The van der Waals surface area contributed by atoms with Gasteiger partial charge in [-0.25, -0.2) is 9.99 Å². The number of aromatic nitrogens is 2. The van der Waals surface area contributed by atoms with Gasteiger partial charge in [-0.3, -0.25) is 9.59 Å². The molecular formula is C19H21N5O2. The van der Waals surface area contributed by atoms with Crippen molar-refractivity contribution < 1.29 is 4.79 Å². The van der Waals surface area contributed by atoms with Gasteiger partial charge in [0.1, 0.15) is 5.82 Å². The zero-order chi connectivity index (χ0) is 17.9. The Morgan fingerprint density at radius 2 is 1.92 bits per heavy atom. The van der Waals surface area contributed by atoms with Crippen LogP contribution in [0.5, 0.6) is 0 Å². The molecule has 1 aromatic carbocycles. The molecule has 0 spiro atoms. The van der Waals surface area contributed by atoms with Crippen LogP contribution >= 0.6 is 0 Å². The molecule has 7 nitrogen and oxygen atoms in total. The molecule has 0 aliphatic carbocycles. The number of hydrazone groups is 1. The summed E-state index contributed by atoms with van der Waals surface area (Å²) in [6, 6.07) is 11.5. The molecule has 2 aromatic rings. The van der Waals surface area contributed by atoms with Gasteiger partial charge in [0, 0.05) is 37.7 Å². The zero-order valence-corrected chi connectivity index (χ0v) is 14.4. The van der Waals surface area contributed by atoms with E-state index >= 15 is 0 Å². The first-order valence-corrected chi connectivity index (χ1v) is 8.92. The number of carbonyl (C=O) groups excluding carboxylic acids is 1. The normalized spacial score (nSPS) is 20.5. The maximum absolute atomic E-state index is 13.0. The van der Waals surface area contributed by atoms with Crippen molar-refractivity contribution in [3.8, 4) is 0 Å². The molecule has 4 rings (SSSR count). The van der Waals surface area contributed by atoms with E-state index in [4.69, 9.17) is 0 Å². The summed E-state index contributed by atoms with van der Waals surface area (Å²) < 4.78 is 0. The van der Waals surface area contributed by atoms with Gasteiger partial charge < -0.3 is 9.88 Å². The molecule has 0 unspecified atom stereocenters. The summed E-state index contributed by atoms with van der Waals surface area (Å²) in [6.45, 7) is 1.42. The molecule has 26 heavy (non-hydrogen) atoms. The van der Waals surface area contributed by atoms with Crippen LogP contribution in [0.15, 0.2) is 52.6 Å². The summed E-state index contributed by atoms with van der Waals surface area (Å²) in [5.74, 6) is 0.710. The molecular weight excluding hydrogens is 330 g/mol. The van der Waals surface area contributed by atoms with E-state index in [1.54, 1.807) is 5.01 Å². The average molecular weight is 351 g/mol. The highest BCUT2D eigenvalue weighted by Gasteiger charge is 2.34. The number of aromatic amines is 1. The van der Waals surface area contributed by atoms with Gasteiger partial charge in [-0.1, -0.05) is 30.3 Å². The number of carbonyl (C=O) groups is 1. The highest BCUT2D eigenvalue weighted by Crippen LogP contribution is 2.32. The molecule has 3 heterocycles. The van der Waals surface area contributed by atoms with Crippen LogP contribution in [0.2, 0.25) is 0 Å². The molecule has 134 valence electrons. The number of nitrogens with zero attached hydrogens (tertiary/aromatic N) is 4. The molecule has 1 atom stereocenters. The van der Waals surface area contributed by atoms with E-state index in [0.29, 0.717) is 18.9 Å². The van der Waals surface area contributed by atoms with E-state index in [1.165, 1.54) is 12.4 Å². The number of hydrogen-bond donors (Lipinski definition) is 1. The predicted molar refractivity (Wildman–Crippen MR) is 98.9 cm³/mol. The van der Waals surface area contributed by atoms with Gasteiger partial charge in [0.05, 0.1) is 12.4 Å². The summed E-state index contributed by atoms with van der Waals surface area (Å²) in [5, 5.41) is 6.00. The van der Waals surface area contributed by atoms with Crippen molar-refractivity contribution in [3.63, 3.8) is 0 Å². The van der Waals surface area contributed by atoms with Crippen LogP contribution in [0.1, 0.15) is 30.9 Å². The van der Waals surface area contributed by atoms with Gasteiger partial charge in [0.15, 0.2) is 0 Å². The minimum Gasteiger partial charge on any atom is -0.356 e. The van der Waals surface area contributed by atoms with E-state index in [9.17, 15) is 9.59 Å². The molecule has 1 fully saturated rings. The third-order valence-corrected chi connectivity index (χ3v) is 5.07. The number of rotatable bonds is 3. The van der Waals surface area contributed by atoms with Gasteiger partial charge in [-0.2, -0.15) is 5.10 Å². The Kier molecular flexibility index (Phi) is 4.51. The molecule has 2 aliphatic heterocycles. The minimum absolute atomic E-state index is 0.00363. The van der Waals surface area contributed by atoms with Crippen molar-refractivity contribution in [2.45, 2.75) is 25.3 Å². The van der Waals surface area contributed by atoms with Gasteiger partial charge in [-0.05, 0) is 18.4 Å². The lowest BCUT2D eigenvalue weighted by molar-refractivity contribution is -0.138. The fourth-order valence-corrected chi connectivity index (χ4v) is 3.65. The van der Waals surface area contributed by atoms with E-state index in [1.807, 2.05) is 36.5 Å². The van der Waals surface area contributed by atoms with Gasteiger partial charge in [0.25, 0.3) is 5.56 Å². The maximum atomic E-state index is 13.0. The van der Waals surface area contributed by atoms with E-state index in [2.05, 4.69) is 20.0 Å². The van der Waals surface area contributed by atoms with E-state index in [0.717, 1.165) is 24.8 Å². The number of benzene rings is 1. The Balaban J connectivity index is 1.42. The quantitative estimate of drug-likeness (QED) is 0.916. The Morgan fingerprint density at radius 1 is 1.15 bits per heavy atom. The SMILES string of the molecule is O=C(C1CCN(c2cc(=O)[nH]cn2)CC1)N1N=CC[C@H]1c1ccccc1. The molecule has 0 saturated carbocycles. The largest absolute Gasteiger partial charge is 0.356 e. The fourth-order valence-electron chi connectivity index (χ4n) is 3.65. The molecule has 7 heteroatoms. The smallest absolute Gasteiger partial charge is 0.252 e. The molecule has 2 aliphatic rings. The maximum Gasteiger partial charge on any atom is 0.252 e. The third-order valence-electron chi connectivity index (χ3n) is 5.07. The third kappa shape index (κ3) is 3.24. The highest BCUT2D eigenvalue weighted by atomic mass is 16.2. The van der Waals surface area contributed by atoms with Crippen LogP contribution in [0.4, 0.5) is 5.82 Å². The van der Waals surface area contributed by atoms with Crippen LogP contribution in [0, 0.1) is 5.92 Å². The zero-order valence-electron chi connectivity index (χ0n) is 14.4. The van der Waals surface area contributed by atoms with Crippen LogP contribution < -0.4 is 10.5 Å². The molecule has 0 radical (unpaired) electrons. The Hall–Kier alpha value is -2.96. The van der Waals surface area contributed by atoms with E-state index < -0.39 is 0 Å². The summed E-state index contributed by atoms with van der Waals surface area (Å²) in [5.41, 5.74) is 0.953. The van der Waals surface area contributed by atoms with Crippen LogP contribution in [-0.4, -0.2) is 40.2 Å². The second kappa shape index (κ2) is 7.11. The van der Waals surface area contributed by atoms with Gasteiger partial charge in [-0.15, -0.1) is 0 Å². The predicted octanol–water partition coefficient (Wildman–Crippen LogP) is 1.95. The topological polar surface area (TPSA) is 81.7 Å². The lowest BCUT2D eigenvalue weighted by Crippen LogP contribution is -2.41. The average Bonchev–Trinajstić information content (AvgIpc) is 3.18. The van der Waals surface area contributed by atoms with Crippen molar-refractivity contribution >= 4 is 17.9 Å². The van der Waals surface area contributed by atoms with Gasteiger partial charge >= 0.3 is 0 Å². The number of nitrogens with one attached hydrogen (secondary N) is 1. The number of hydrogen-bond acceptors (Lipinski definition) is 5. The molecule has 1 aromatic heterocycles. The van der Waals surface area contributed by atoms with Crippen molar-refractivity contribution in [2.75, 3.05) is 18.0 Å². The van der Waals surface area contributed by atoms with Crippen molar-refractivity contribution in [1.82, 2.24) is 15.0 Å². The van der Waals surface area contributed by atoms with Crippen molar-refractivity contribution in [2.24, 2.45) is 11.0 Å². The van der Waals surface area contributed by atoms with Crippen LogP contribution in [0.3, 0.4) is 0 Å². The lowest BCUT2D eigenvalue weighted by Gasteiger charge is -2.34. The summed E-state index contributed by atoms with van der Waals surface area (Å²) >= 11 is 0. The first kappa shape index (κ1) is 16.5. The first-order chi connectivity index (χ1) is 12.7. The van der Waals surface area contributed by atoms with Crippen LogP contribution in [-0.2, 0) is 4.79 Å². The number of piperidine rings is 1. The van der Waals surface area contributed by atoms with Crippen molar-refractivity contribution in [1.29, 1.82) is 0 Å². The number of amides is 1. The van der Waals surface area contributed by atoms with Crippen molar-refractivity contribution in [3.05, 3.63) is 58.6 Å². The Bertz CT molecular complexity index is 855. The standard InChI is InChI=1S/C19H21N5O2/c25-18-12-17(20-13-21-18)23-10-7-15(8-11-23)19(26)24-16(6-9-22-24)14-4-2-1-3-5-14/h1-5,9,12-13,15-16H,6-8,10-11H2,(H,20,21,25)/t16-/m0/s1.